The minimum Gasteiger partial charge on any atom is -0.370 e. The molecule has 6 nitrogen and oxygen atoms in total. The first-order valence-corrected chi connectivity index (χ1v) is 5.86. The molecule has 0 aliphatic rings. The molecule has 1 aromatic rings. The fourth-order valence-corrected chi connectivity index (χ4v) is 1.76. The van der Waals surface area contributed by atoms with Gasteiger partial charge in [-0.05, 0) is 26.0 Å². The lowest BCUT2D eigenvalue weighted by Gasteiger charge is -2.24. The van der Waals surface area contributed by atoms with E-state index in [0.717, 1.165) is 0 Å². The van der Waals surface area contributed by atoms with Crippen molar-refractivity contribution >= 4 is 11.4 Å². The van der Waals surface area contributed by atoms with E-state index in [0.29, 0.717) is 18.8 Å². The van der Waals surface area contributed by atoms with Gasteiger partial charge < -0.3 is 4.90 Å². The first kappa shape index (κ1) is 14.5. The largest absolute Gasteiger partial charge is 0.370 e. The van der Waals surface area contributed by atoms with Crippen molar-refractivity contribution < 1.29 is 4.92 Å². The molecule has 0 saturated heterocycles. The van der Waals surface area contributed by atoms with Crippen molar-refractivity contribution in [3.05, 3.63) is 33.9 Å². The number of nitro benzene ring substituents is 1. The normalized spacial score (nSPS) is 11.2. The van der Waals surface area contributed by atoms with Gasteiger partial charge in [-0.2, -0.15) is 10.5 Å². The molecule has 0 amide bonds. The highest BCUT2D eigenvalue weighted by Gasteiger charge is 2.16. The average Bonchev–Trinajstić information content (AvgIpc) is 2.43. The van der Waals surface area contributed by atoms with Crippen LogP contribution in [0.3, 0.4) is 0 Å². The van der Waals surface area contributed by atoms with Gasteiger partial charge in [-0.15, -0.1) is 0 Å². The van der Waals surface area contributed by atoms with Gasteiger partial charge in [0.15, 0.2) is 0 Å². The number of hydrogen-bond donors (Lipinski definition) is 0. The quantitative estimate of drug-likeness (QED) is 0.597. The van der Waals surface area contributed by atoms with Crippen LogP contribution in [0.1, 0.15) is 19.4 Å². The molecular formula is C13H14N4O2. The van der Waals surface area contributed by atoms with Gasteiger partial charge in [0.2, 0.25) is 0 Å². The van der Waals surface area contributed by atoms with Gasteiger partial charge in [0.05, 0.1) is 16.9 Å². The van der Waals surface area contributed by atoms with E-state index in [1.54, 1.807) is 13.0 Å². The second kappa shape index (κ2) is 6.36. The van der Waals surface area contributed by atoms with E-state index in [9.17, 15) is 10.1 Å². The SMILES string of the molecule is CCN(CC(C)C#N)c1ccc([N+](=O)[O-])c(C#N)c1. The van der Waals surface area contributed by atoms with Crippen LogP contribution in [0.2, 0.25) is 0 Å². The Labute approximate surface area is 111 Å². The zero-order chi connectivity index (χ0) is 14.4. The minimum atomic E-state index is -0.573. The van der Waals surface area contributed by atoms with Crippen LogP contribution in [0, 0.1) is 38.7 Å². The predicted molar refractivity (Wildman–Crippen MR) is 70.5 cm³/mol. The van der Waals surface area contributed by atoms with Crippen LogP contribution in [0.15, 0.2) is 18.2 Å². The summed E-state index contributed by atoms with van der Waals surface area (Å²) in [5.74, 6) is -0.152. The zero-order valence-corrected chi connectivity index (χ0v) is 10.8. The van der Waals surface area contributed by atoms with Gasteiger partial charge in [-0.25, -0.2) is 0 Å². The molecule has 0 fully saturated rings. The van der Waals surface area contributed by atoms with Crippen molar-refractivity contribution in [1.29, 1.82) is 10.5 Å². The highest BCUT2D eigenvalue weighted by atomic mass is 16.6. The lowest BCUT2D eigenvalue weighted by atomic mass is 10.1. The molecule has 0 bridgehead atoms. The van der Waals surface area contributed by atoms with Crippen LogP contribution in [0.5, 0.6) is 0 Å². The lowest BCUT2D eigenvalue weighted by molar-refractivity contribution is -0.385. The third-order valence-corrected chi connectivity index (χ3v) is 2.76. The van der Waals surface area contributed by atoms with E-state index in [2.05, 4.69) is 6.07 Å². The first-order valence-electron chi connectivity index (χ1n) is 5.86. The van der Waals surface area contributed by atoms with Crippen LogP contribution >= 0.6 is 0 Å². The van der Waals surface area contributed by atoms with Gasteiger partial charge in [-0.1, -0.05) is 0 Å². The molecule has 19 heavy (non-hydrogen) atoms. The van der Waals surface area contributed by atoms with E-state index in [4.69, 9.17) is 10.5 Å². The molecule has 98 valence electrons. The highest BCUT2D eigenvalue weighted by molar-refractivity contribution is 5.59. The Morgan fingerprint density at radius 3 is 2.63 bits per heavy atom. The van der Waals surface area contributed by atoms with Gasteiger partial charge in [0.25, 0.3) is 5.69 Å². The molecule has 1 aromatic carbocycles. The maximum absolute atomic E-state index is 10.8. The van der Waals surface area contributed by atoms with Crippen LogP contribution in [0.4, 0.5) is 11.4 Å². The molecule has 6 heteroatoms. The molecule has 0 saturated carbocycles. The minimum absolute atomic E-state index is 0.0329. The van der Waals surface area contributed by atoms with Crippen molar-refractivity contribution in [3.63, 3.8) is 0 Å². The van der Waals surface area contributed by atoms with Crippen LogP contribution in [0.25, 0.3) is 0 Å². The average molecular weight is 258 g/mol. The molecule has 0 heterocycles. The Kier molecular flexibility index (Phi) is 4.84. The first-order chi connectivity index (χ1) is 9.03. The molecule has 1 unspecified atom stereocenters. The van der Waals surface area contributed by atoms with Gasteiger partial charge >= 0.3 is 0 Å². The van der Waals surface area contributed by atoms with E-state index >= 15 is 0 Å². The topological polar surface area (TPSA) is 94.0 Å². The summed E-state index contributed by atoms with van der Waals surface area (Å²) < 4.78 is 0. The molecule has 0 spiro atoms. The molecule has 0 radical (unpaired) electrons. The number of nitriles is 2. The standard InChI is InChI=1S/C13H14N4O2/c1-3-16(9-10(2)7-14)12-4-5-13(17(18)19)11(6-12)8-15/h4-6,10H,3,9H2,1-2H3. The van der Waals surface area contributed by atoms with Gasteiger partial charge in [0.1, 0.15) is 11.6 Å². The van der Waals surface area contributed by atoms with E-state index < -0.39 is 4.92 Å². The fourth-order valence-electron chi connectivity index (χ4n) is 1.76. The number of rotatable bonds is 5. The third-order valence-electron chi connectivity index (χ3n) is 2.76. The molecule has 0 aliphatic heterocycles. The Morgan fingerprint density at radius 2 is 2.16 bits per heavy atom. The van der Waals surface area contributed by atoms with Crippen molar-refractivity contribution in [3.8, 4) is 12.1 Å². The Hall–Kier alpha value is -2.60. The molecule has 1 atom stereocenters. The second-order valence-corrected chi connectivity index (χ2v) is 4.14. The molecule has 0 aromatic heterocycles. The third kappa shape index (κ3) is 3.43. The summed E-state index contributed by atoms with van der Waals surface area (Å²) in [5, 5.41) is 28.5. The smallest absolute Gasteiger partial charge is 0.287 e. The van der Waals surface area contributed by atoms with E-state index in [1.165, 1.54) is 12.1 Å². The van der Waals surface area contributed by atoms with Crippen LogP contribution in [-0.2, 0) is 0 Å². The van der Waals surface area contributed by atoms with Crippen molar-refractivity contribution in [1.82, 2.24) is 0 Å². The second-order valence-electron chi connectivity index (χ2n) is 4.14. The molecule has 0 aliphatic carbocycles. The summed E-state index contributed by atoms with van der Waals surface area (Å²) >= 11 is 0. The van der Waals surface area contributed by atoms with Crippen LogP contribution < -0.4 is 4.90 Å². The van der Waals surface area contributed by atoms with Crippen molar-refractivity contribution in [2.75, 3.05) is 18.0 Å². The molecule has 1 rings (SSSR count). The monoisotopic (exact) mass is 258 g/mol. The van der Waals surface area contributed by atoms with E-state index in [1.807, 2.05) is 17.9 Å². The van der Waals surface area contributed by atoms with Crippen molar-refractivity contribution in [2.24, 2.45) is 5.92 Å². The predicted octanol–water partition coefficient (Wildman–Crippen LogP) is 2.45. The number of hydrogen-bond acceptors (Lipinski definition) is 5. The Balaban J connectivity index is 3.11. The zero-order valence-electron chi connectivity index (χ0n) is 10.8. The summed E-state index contributed by atoms with van der Waals surface area (Å²) in [5.41, 5.74) is 0.549. The van der Waals surface area contributed by atoms with Gasteiger partial charge in [0, 0.05) is 24.8 Å². The summed E-state index contributed by atoms with van der Waals surface area (Å²) in [7, 11) is 0. The van der Waals surface area contributed by atoms with Crippen molar-refractivity contribution in [2.45, 2.75) is 13.8 Å². The Bertz CT molecular complexity index is 557. The summed E-state index contributed by atoms with van der Waals surface area (Å²) in [6.45, 7) is 4.92. The summed E-state index contributed by atoms with van der Waals surface area (Å²) in [6, 6.07) is 8.40. The summed E-state index contributed by atoms with van der Waals surface area (Å²) in [6.07, 6.45) is 0. The fraction of sp³-hybridized carbons (Fsp3) is 0.385. The maximum Gasteiger partial charge on any atom is 0.287 e. The number of benzene rings is 1. The van der Waals surface area contributed by atoms with E-state index in [-0.39, 0.29) is 17.2 Å². The maximum atomic E-state index is 10.8. The molecular weight excluding hydrogens is 244 g/mol. The van der Waals surface area contributed by atoms with Crippen LogP contribution in [-0.4, -0.2) is 18.0 Å². The summed E-state index contributed by atoms with van der Waals surface area (Å²) in [4.78, 5) is 12.1. The Morgan fingerprint density at radius 1 is 1.47 bits per heavy atom. The molecule has 0 N–H and O–H groups in total. The van der Waals surface area contributed by atoms with Gasteiger partial charge in [-0.3, -0.25) is 10.1 Å². The number of nitro groups is 1. The highest BCUT2D eigenvalue weighted by Crippen LogP contribution is 2.24. The number of anilines is 1. The number of nitrogens with zero attached hydrogens (tertiary/aromatic N) is 4. The lowest BCUT2D eigenvalue weighted by Crippen LogP contribution is -2.27.